The number of imide groups is 1. The number of aromatic nitrogens is 3. The Bertz CT molecular complexity index is 922. The van der Waals surface area contributed by atoms with Gasteiger partial charge in [-0.15, -0.1) is 5.10 Å². The lowest BCUT2D eigenvalue weighted by Crippen LogP contribution is -2.35. The molecule has 2 heterocycles. The summed E-state index contributed by atoms with van der Waals surface area (Å²) in [5.41, 5.74) is 1.04. The first-order valence-corrected chi connectivity index (χ1v) is 11.0. The van der Waals surface area contributed by atoms with Gasteiger partial charge in [0.1, 0.15) is 11.9 Å². The van der Waals surface area contributed by atoms with Crippen molar-refractivity contribution >= 4 is 23.8 Å². The van der Waals surface area contributed by atoms with Crippen LogP contribution in [0.4, 0.5) is 10.7 Å². The first kappa shape index (κ1) is 21.0. The molecule has 164 valence electrons. The lowest BCUT2D eigenvalue weighted by molar-refractivity contribution is -0.129. The Kier molecular flexibility index (Phi) is 6.59. The molecule has 2 aliphatic rings. The Balaban J connectivity index is 1.24. The third-order valence-corrected chi connectivity index (χ3v) is 6.01. The molecule has 4 amide bonds. The second-order valence-electron chi connectivity index (χ2n) is 8.27. The number of aryl methyl sites for hydroxylation is 1. The summed E-state index contributed by atoms with van der Waals surface area (Å²) in [5.74, 6) is 0.904. The minimum Gasteiger partial charge on any atom is -0.325 e. The zero-order valence-electron chi connectivity index (χ0n) is 17.5. The van der Waals surface area contributed by atoms with Gasteiger partial charge in [-0.25, -0.2) is 4.79 Å². The van der Waals surface area contributed by atoms with Crippen molar-refractivity contribution < 1.29 is 14.4 Å². The van der Waals surface area contributed by atoms with Gasteiger partial charge in [0.15, 0.2) is 0 Å². The number of H-pyrrole nitrogens is 1. The van der Waals surface area contributed by atoms with E-state index in [1.165, 1.54) is 30.6 Å². The topological polar surface area (TPSA) is 120 Å². The molecule has 1 aromatic heterocycles. The average molecular weight is 425 g/mol. The van der Waals surface area contributed by atoms with Crippen LogP contribution in [0.25, 0.3) is 0 Å². The lowest BCUT2D eigenvalue weighted by Gasteiger charge is -2.12. The highest BCUT2D eigenvalue weighted by Crippen LogP contribution is 2.28. The van der Waals surface area contributed by atoms with E-state index in [1.54, 1.807) is 0 Å². The van der Waals surface area contributed by atoms with Gasteiger partial charge >= 0.3 is 6.03 Å². The number of aromatic amines is 1. The molecule has 1 atom stereocenters. The Morgan fingerprint density at radius 2 is 1.90 bits per heavy atom. The smallest absolute Gasteiger partial charge is 0.324 e. The maximum absolute atomic E-state index is 12.6. The van der Waals surface area contributed by atoms with Gasteiger partial charge in [-0.2, -0.15) is 4.98 Å². The third kappa shape index (κ3) is 5.48. The molecule has 0 radical (unpaired) electrons. The predicted molar refractivity (Wildman–Crippen MR) is 114 cm³/mol. The molecule has 3 N–H and O–H groups in total. The second-order valence-corrected chi connectivity index (χ2v) is 8.27. The summed E-state index contributed by atoms with van der Waals surface area (Å²) in [6.07, 6.45) is 7.47. The number of urea groups is 1. The minimum absolute atomic E-state index is 0.154. The fourth-order valence-electron chi connectivity index (χ4n) is 4.28. The summed E-state index contributed by atoms with van der Waals surface area (Å²) in [4.78, 5) is 42.6. The van der Waals surface area contributed by atoms with Gasteiger partial charge in [0.05, 0.1) is 6.42 Å². The van der Waals surface area contributed by atoms with Crippen LogP contribution in [0.5, 0.6) is 0 Å². The van der Waals surface area contributed by atoms with Gasteiger partial charge in [-0.3, -0.25) is 24.9 Å². The molecule has 1 aromatic carbocycles. The molecule has 31 heavy (non-hydrogen) atoms. The van der Waals surface area contributed by atoms with Crippen LogP contribution >= 0.6 is 0 Å². The zero-order chi connectivity index (χ0) is 21.6. The maximum Gasteiger partial charge on any atom is 0.324 e. The van der Waals surface area contributed by atoms with E-state index in [9.17, 15) is 14.4 Å². The van der Waals surface area contributed by atoms with Crippen LogP contribution in [0.1, 0.15) is 49.9 Å². The van der Waals surface area contributed by atoms with E-state index in [1.807, 2.05) is 30.3 Å². The number of benzene rings is 1. The summed E-state index contributed by atoms with van der Waals surface area (Å²) >= 11 is 0. The van der Waals surface area contributed by atoms with Gasteiger partial charge in [-0.05, 0) is 24.3 Å². The van der Waals surface area contributed by atoms with Crippen molar-refractivity contribution in [3.8, 4) is 0 Å². The van der Waals surface area contributed by atoms with E-state index >= 15 is 0 Å². The summed E-state index contributed by atoms with van der Waals surface area (Å²) in [5, 5.41) is 12.1. The molecule has 4 rings (SSSR count). The number of nitrogens with one attached hydrogen (secondary N) is 3. The number of amides is 4. The Labute approximate surface area is 181 Å². The molecule has 2 fully saturated rings. The van der Waals surface area contributed by atoms with Crippen molar-refractivity contribution in [3.63, 3.8) is 0 Å². The molecule has 0 spiro atoms. The fourth-order valence-corrected chi connectivity index (χ4v) is 4.28. The normalized spacial score (nSPS) is 19.1. The average Bonchev–Trinajstić information content (AvgIpc) is 3.49. The fraction of sp³-hybridized carbons (Fsp3) is 0.500. The van der Waals surface area contributed by atoms with Gasteiger partial charge in [-0.1, -0.05) is 56.0 Å². The van der Waals surface area contributed by atoms with E-state index in [0.717, 1.165) is 30.1 Å². The van der Waals surface area contributed by atoms with Crippen LogP contribution in [-0.4, -0.2) is 50.5 Å². The SMILES string of the molecule is O=C(C[C@@H]1NC(=O)N(CCc2ccccc2)C1=O)Nc1n[nH]c(CCC2CCCC2)n1. The van der Waals surface area contributed by atoms with Crippen molar-refractivity contribution in [2.75, 3.05) is 11.9 Å². The molecule has 0 unspecified atom stereocenters. The standard InChI is InChI=1S/C22H28N6O3/c29-19(25-21-24-18(26-27-21)11-10-15-8-4-5-9-15)14-17-20(30)28(22(31)23-17)13-12-16-6-2-1-3-7-16/h1-3,6-7,15,17H,4-5,8-14H2,(H,23,31)(H2,24,25,26,27,29)/t17-/m0/s1. The molecular weight excluding hydrogens is 396 g/mol. The molecule has 1 saturated carbocycles. The molecule has 1 saturated heterocycles. The first-order valence-electron chi connectivity index (χ1n) is 11.0. The van der Waals surface area contributed by atoms with Crippen LogP contribution in [0.15, 0.2) is 30.3 Å². The first-order chi connectivity index (χ1) is 15.1. The van der Waals surface area contributed by atoms with E-state index in [4.69, 9.17) is 0 Å². The predicted octanol–water partition coefficient (Wildman–Crippen LogP) is 2.42. The van der Waals surface area contributed by atoms with Gasteiger partial charge in [0, 0.05) is 13.0 Å². The van der Waals surface area contributed by atoms with Gasteiger partial charge in [0.2, 0.25) is 11.9 Å². The number of nitrogens with zero attached hydrogens (tertiary/aromatic N) is 3. The summed E-state index contributed by atoms with van der Waals surface area (Å²) < 4.78 is 0. The highest BCUT2D eigenvalue weighted by atomic mass is 16.2. The van der Waals surface area contributed by atoms with E-state index in [-0.39, 0.29) is 24.8 Å². The number of hydrogen-bond acceptors (Lipinski definition) is 5. The number of anilines is 1. The van der Waals surface area contributed by atoms with Gasteiger partial charge < -0.3 is 5.32 Å². The molecule has 9 heteroatoms. The minimum atomic E-state index is -0.871. The maximum atomic E-state index is 12.6. The molecule has 1 aliphatic carbocycles. The summed E-state index contributed by atoms with van der Waals surface area (Å²) in [7, 11) is 0. The monoisotopic (exact) mass is 424 g/mol. The third-order valence-electron chi connectivity index (χ3n) is 6.01. The van der Waals surface area contributed by atoms with Crippen molar-refractivity contribution in [1.29, 1.82) is 0 Å². The molecular formula is C22H28N6O3. The number of carbonyl (C=O) groups excluding carboxylic acids is 3. The summed E-state index contributed by atoms with van der Waals surface area (Å²) in [6, 6.07) is 8.30. The Morgan fingerprint density at radius 1 is 1.13 bits per heavy atom. The molecule has 1 aliphatic heterocycles. The number of rotatable bonds is 9. The molecule has 0 bridgehead atoms. The van der Waals surface area contributed by atoms with Crippen molar-refractivity contribution in [1.82, 2.24) is 25.4 Å². The summed E-state index contributed by atoms with van der Waals surface area (Å²) in [6.45, 7) is 0.276. The van der Waals surface area contributed by atoms with E-state index in [0.29, 0.717) is 6.42 Å². The molecule has 9 nitrogen and oxygen atoms in total. The van der Waals surface area contributed by atoms with E-state index in [2.05, 4.69) is 25.8 Å². The Hall–Kier alpha value is -3.23. The Morgan fingerprint density at radius 3 is 2.68 bits per heavy atom. The van der Waals surface area contributed by atoms with Gasteiger partial charge in [0.25, 0.3) is 5.91 Å². The molecule has 2 aromatic rings. The van der Waals surface area contributed by atoms with Crippen molar-refractivity contribution in [2.24, 2.45) is 5.92 Å². The van der Waals surface area contributed by atoms with E-state index < -0.39 is 18.0 Å². The second kappa shape index (κ2) is 9.72. The van der Waals surface area contributed by atoms with Crippen LogP contribution in [0.3, 0.4) is 0 Å². The lowest BCUT2D eigenvalue weighted by atomic mass is 10.0. The quantitative estimate of drug-likeness (QED) is 0.534. The van der Waals surface area contributed by atoms with Crippen LogP contribution in [0, 0.1) is 5.92 Å². The van der Waals surface area contributed by atoms with Crippen LogP contribution in [0.2, 0.25) is 0 Å². The largest absolute Gasteiger partial charge is 0.325 e. The van der Waals surface area contributed by atoms with Crippen LogP contribution < -0.4 is 10.6 Å². The van der Waals surface area contributed by atoms with Crippen molar-refractivity contribution in [3.05, 3.63) is 41.7 Å². The number of carbonyl (C=O) groups is 3. The number of hydrogen-bond donors (Lipinski definition) is 3. The zero-order valence-corrected chi connectivity index (χ0v) is 17.5. The van der Waals surface area contributed by atoms with Crippen LogP contribution in [-0.2, 0) is 22.4 Å². The highest BCUT2D eigenvalue weighted by Gasteiger charge is 2.38. The van der Waals surface area contributed by atoms with Crippen molar-refractivity contribution in [2.45, 2.75) is 57.4 Å². The highest BCUT2D eigenvalue weighted by molar-refractivity contribution is 6.06.